The van der Waals surface area contributed by atoms with Crippen LogP contribution in [0.5, 0.6) is 5.75 Å². The third-order valence-electron chi connectivity index (χ3n) is 5.37. The molecule has 0 bridgehead atoms. The van der Waals surface area contributed by atoms with Crippen molar-refractivity contribution >= 4 is 80.3 Å². The Morgan fingerprint density at radius 3 is 2.38 bits per heavy atom. The standard InChI is InChI=1S/C27H18BrCl3N2O4/c1-2-3-17-10-16(12-21(28)24(17)37-14-15-4-9-22(30)23(31)13-15)11-20-25(34)32-27(36)33(26(20)35)19-7-5-18(29)6-8-19/h2,4-13H,1,3,14H2,(H,32,34,36)/b20-11+. The lowest BCUT2D eigenvalue weighted by Gasteiger charge is -2.26. The summed E-state index contributed by atoms with van der Waals surface area (Å²) in [4.78, 5) is 39.1. The zero-order valence-electron chi connectivity index (χ0n) is 19.1. The molecular formula is C27H18BrCl3N2O4. The number of barbiturate groups is 1. The molecule has 0 aromatic heterocycles. The van der Waals surface area contributed by atoms with Crippen molar-refractivity contribution in [1.29, 1.82) is 0 Å². The molecule has 1 heterocycles. The minimum Gasteiger partial charge on any atom is -0.487 e. The van der Waals surface area contributed by atoms with Crippen LogP contribution in [0.15, 0.2) is 77.3 Å². The molecule has 0 spiro atoms. The number of amides is 4. The second-order valence-electron chi connectivity index (χ2n) is 7.96. The van der Waals surface area contributed by atoms with Gasteiger partial charge in [0.05, 0.1) is 20.2 Å². The van der Waals surface area contributed by atoms with Crippen molar-refractivity contribution < 1.29 is 19.1 Å². The number of hydrogen-bond acceptors (Lipinski definition) is 4. The lowest BCUT2D eigenvalue weighted by atomic mass is 10.0. The Morgan fingerprint density at radius 1 is 0.973 bits per heavy atom. The van der Waals surface area contributed by atoms with E-state index >= 15 is 0 Å². The molecule has 3 aromatic rings. The summed E-state index contributed by atoms with van der Waals surface area (Å²) in [5.41, 5.74) is 2.23. The lowest BCUT2D eigenvalue weighted by molar-refractivity contribution is -0.122. The Balaban J connectivity index is 1.65. The number of imide groups is 2. The molecule has 1 fully saturated rings. The number of urea groups is 1. The molecule has 10 heteroatoms. The maximum Gasteiger partial charge on any atom is 0.335 e. The first-order valence-electron chi connectivity index (χ1n) is 10.8. The van der Waals surface area contributed by atoms with Crippen molar-refractivity contribution in [3.63, 3.8) is 0 Å². The summed E-state index contributed by atoms with van der Waals surface area (Å²) in [5.74, 6) is -0.968. The molecule has 6 nitrogen and oxygen atoms in total. The summed E-state index contributed by atoms with van der Waals surface area (Å²) in [6.07, 6.45) is 3.60. The summed E-state index contributed by atoms with van der Waals surface area (Å²) >= 11 is 21.5. The highest BCUT2D eigenvalue weighted by atomic mass is 79.9. The van der Waals surface area contributed by atoms with E-state index in [0.717, 1.165) is 16.0 Å². The molecular weight excluding hydrogens is 603 g/mol. The van der Waals surface area contributed by atoms with E-state index in [1.807, 2.05) is 6.07 Å². The number of allylic oxidation sites excluding steroid dienone is 1. The van der Waals surface area contributed by atoms with Gasteiger partial charge in [-0.15, -0.1) is 6.58 Å². The molecule has 0 saturated carbocycles. The first-order valence-corrected chi connectivity index (χ1v) is 12.8. The lowest BCUT2D eigenvalue weighted by Crippen LogP contribution is -2.54. The third kappa shape index (κ3) is 6.08. The molecule has 1 aliphatic heterocycles. The Hall–Kier alpha value is -3.10. The van der Waals surface area contributed by atoms with E-state index in [1.165, 1.54) is 18.2 Å². The van der Waals surface area contributed by atoms with E-state index in [9.17, 15) is 14.4 Å². The number of carbonyl (C=O) groups is 3. The van der Waals surface area contributed by atoms with E-state index in [-0.39, 0.29) is 17.9 Å². The number of nitrogens with one attached hydrogen (secondary N) is 1. The van der Waals surface area contributed by atoms with Crippen LogP contribution in [0.3, 0.4) is 0 Å². The predicted octanol–water partition coefficient (Wildman–Crippen LogP) is 7.38. The normalized spacial score (nSPS) is 14.6. The van der Waals surface area contributed by atoms with Gasteiger partial charge in [0.25, 0.3) is 11.8 Å². The largest absolute Gasteiger partial charge is 0.487 e. The van der Waals surface area contributed by atoms with Crippen LogP contribution in [-0.4, -0.2) is 17.8 Å². The number of hydrogen-bond donors (Lipinski definition) is 1. The number of rotatable bonds is 7. The van der Waals surface area contributed by atoms with Crippen molar-refractivity contribution in [3.05, 3.63) is 109 Å². The van der Waals surface area contributed by atoms with E-state index in [2.05, 4.69) is 27.8 Å². The highest BCUT2D eigenvalue weighted by molar-refractivity contribution is 9.10. The molecule has 188 valence electrons. The monoisotopic (exact) mass is 618 g/mol. The van der Waals surface area contributed by atoms with Crippen molar-refractivity contribution in [1.82, 2.24) is 5.32 Å². The van der Waals surface area contributed by atoms with Crippen molar-refractivity contribution in [3.8, 4) is 5.75 Å². The molecule has 1 N–H and O–H groups in total. The van der Waals surface area contributed by atoms with Gasteiger partial charge in [-0.3, -0.25) is 14.9 Å². The molecule has 4 amide bonds. The maximum absolute atomic E-state index is 13.2. The molecule has 0 unspecified atom stereocenters. The van der Waals surface area contributed by atoms with Crippen molar-refractivity contribution in [2.24, 2.45) is 0 Å². The van der Waals surface area contributed by atoms with Gasteiger partial charge in [-0.25, -0.2) is 9.69 Å². The van der Waals surface area contributed by atoms with Gasteiger partial charge >= 0.3 is 6.03 Å². The molecule has 0 radical (unpaired) electrons. The van der Waals surface area contributed by atoms with Crippen molar-refractivity contribution in [2.75, 3.05) is 4.90 Å². The van der Waals surface area contributed by atoms with Crippen LogP contribution >= 0.6 is 50.7 Å². The Morgan fingerprint density at radius 2 is 1.70 bits per heavy atom. The number of nitrogens with zero attached hydrogens (tertiary/aromatic N) is 1. The Kier molecular flexibility index (Phi) is 8.39. The third-order valence-corrected chi connectivity index (χ3v) is 6.95. The summed E-state index contributed by atoms with van der Waals surface area (Å²) in [5, 5.41) is 3.54. The SMILES string of the molecule is C=CCc1cc(/C=C2\C(=O)NC(=O)N(c3ccc(Cl)cc3)C2=O)cc(Br)c1OCc1ccc(Cl)c(Cl)c1. The number of ether oxygens (including phenoxy) is 1. The van der Waals surface area contributed by atoms with Gasteiger partial charge in [-0.2, -0.15) is 0 Å². The minimum atomic E-state index is -0.839. The molecule has 1 saturated heterocycles. The van der Waals surface area contributed by atoms with Crippen LogP contribution in [0, 0.1) is 0 Å². The highest BCUT2D eigenvalue weighted by Crippen LogP contribution is 2.34. The van der Waals surface area contributed by atoms with E-state index in [1.54, 1.807) is 42.5 Å². The van der Waals surface area contributed by atoms with Gasteiger partial charge in [-0.1, -0.05) is 46.9 Å². The first kappa shape index (κ1) is 26.9. The summed E-state index contributed by atoms with van der Waals surface area (Å²) in [6.45, 7) is 4.04. The van der Waals surface area contributed by atoms with Gasteiger partial charge in [0.15, 0.2) is 0 Å². The van der Waals surface area contributed by atoms with E-state index in [4.69, 9.17) is 39.5 Å². The Bertz CT molecular complexity index is 1450. The maximum atomic E-state index is 13.2. The predicted molar refractivity (Wildman–Crippen MR) is 149 cm³/mol. The van der Waals surface area contributed by atoms with Gasteiger partial charge < -0.3 is 4.74 Å². The van der Waals surface area contributed by atoms with Crippen LogP contribution in [0.4, 0.5) is 10.5 Å². The van der Waals surface area contributed by atoms with Gasteiger partial charge in [0.2, 0.25) is 0 Å². The first-order chi connectivity index (χ1) is 17.7. The van der Waals surface area contributed by atoms with Gasteiger partial charge in [0, 0.05) is 5.02 Å². The fourth-order valence-corrected chi connectivity index (χ4v) is 4.74. The smallest absolute Gasteiger partial charge is 0.335 e. The quantitative estimate of drug-likeness (QED) is 0.170. The zero-order valence-corrected chi connectivity index (χ0v) is 22.9. The molecule has 1 aliphatic rings. The van der Waals surface area contributed by atoms with Crippen LogP contribution in [-0.2, 0) is 22.6 Å². The molecule has 3 aromatic carbocycles. The van der Waals surface area contributed by atoms with E-state index in [0.29, 0.717) is 37.3 Å². The summed E-state index contributed by atoms with van der Waals surface area (Å²) in [7, 11) is 0. The fraction of sp³-hybridized carbons (Fsp3) is 0.0741. The molecule has 37 heavy (non-hydrogen) atoms. The highest BCUT2D eigenvalue weighted by Gasteiger charge is 2.36. The average Bonchev–Trinajstić information content (AvgIpc) is 2.84. The second kappa shape index (κ2) is 11.5. The molecule has 0 aliphatic carbocycles. The minimum absolute atomic E-state index is 0.199. The average molecular weight is 621 g/mol. The molecule has 4 rings (SSSR count). The van der Waals surface area contributed by atoms with Gasteiger partial charge in [-0.05, 0) is 93.6 Å². The van der Waals surface area contributed by atoms with Crippen molar-refractivity contribution in [2.45, 2.75) is 13.0 Å². The van der Waals surface area contributed by atoms with Crippen LogP contribution in [0.1, 0.15) is 16.7 Å². The number of carbonyl (C=O) groups excluding carboxylic acids is 3. The zero-order chi connectivity index (χ0) is 26.7. The van der Waals surface area contributed by atoms with Crippen LogP contribution < -0.4 is 15.0 Å². The number of halogens is 4. The number of anilines is 1. The number of benzene rings is 3. The fourth-order valence-electron chi connectivity index (χ4n) is 3.66. The summed E-state index contributed by atoms with van der Waals surface area (Å²) in [6, 6.07) is 14.0. The van der Waals surface area contributed by atoms with Crippen LogP contribution in [0.25, 0.3) is 6.08 Å². The van der Waals surface area contributed by atoms with E-state index < -0.39 is 17.8 Å². The molecule has 0 atom stereocenters. The summed E-state index contributed by atoms with van der Waals surface area (Å²) < 4.78 is 6.66. The van der Waals surface area contributed by atoms with Crippen LogP contribution in [0.2, 0.25) is 15.1 Å². The van der Waals surface area contributed by atoms with Gasteiger partial charge in [0.1, 0.15) is 17.9 Å². The topological polar surface area (TPSA) is 75.7 Å². The Labute approximate surface area is 236 Å². The second-order valence-corrected chi connectivity index (χ2v) is 10.1.